The number of hydrogen-bond donors (Lipinski definition) is 1. The fourth-order valence-electron chi connectivity index (χ4n) is 1.85. The molecule has 100 valence electrons. The molecule has 0 aliphatic carbocycles. The zero-order valence-corrected chi connectivity index (χ0v) is 12.5. The smallest absolute Gasteiger partial charge is 0.175 e. The molecule has 1 rings (SSSR count). The van der Waals surface area contributed by atoms with E-state index in [-0.39, 0.29) is 5.78 Å². The van der Waals surface area contributed by atoms with E-state index in [2.05, 4.69) is 15.9 Å². The van der Waals surface area contributed by atoms with Crippen LogP contribution in [0.2, 0.25) is 0 Å². The molecule has 0 unspecified atom stereocenters. The van der Waals surface area contributed by atoms with Crippen molar-refractivity contribution in [3.63, 3.8) is 0 Å². The van der Waals surface area contributed by atoms with Gasteiger partial charge in [-0.05, 0) is 40.5 Å². The van der Waals surface area contributed by atoms with Crippen molar-refractivity contribution >= 4 is 21.7 Å². The van der Waals surface area contributed by atoms with Crippen LogP contribution in [-0.2, 0) is 6.42 Å². The molecule has 0 spiro atoms. The number of ether oxygens (including phenoxy) is 2. The van der Waals surface area contributed by atoms with E-state index in [1.54, 1.807) is 20.3 Å². The highest BCUT2D eigenvalue weighted by Gasteiger charge is 2.20. The number of methoxy groups -OCH3 is 2. The van der Waals surface area contributed by atoms with Crippen LogP contribution in [0, 0.1) is 0 Å². The summed E-state index contributed by atoms with van der Waals surface area (Å²) in [5, 5.41) is 0. The quantitative estimate of drug-likeness (QED) is 0.819. The average Bonchev–Trinajstić information content (AvgIpc) is 2.37. The van der Waals surface area contributed by atoms with E-state index in [4.69, 9.17) is 15.2 Å². The molecule has 0 fully saturated rings. The molecule has 18 heavy (non-hydrogen) atoms. The third-order valence-electron chi connectivity index (χ3n) is 2.74. The van der Waals surface area contributed by atoms with Crippen molar-refractivity contribution < 1.29 is 14.3 Å². The fraction of sp³-hybridized carbons (Fsp3) is 0.462. The molecule has 0 atom stereocenters. The molecule has 0 radical (unpaired) electrons. The molecular weight excluding hydrogens is 298 g/mol. The second-order valence-electron chi connectivity index (χ2n) is 3.77. The first kappa shape index (κ1) is 15.0. The minimum Gasteiger partial charge on any atom is -0.493 e. The Bertz CT molecular complexity index is 446. The van der Waals surface area contributed by atoms with E-state index in [0.29, 0.717) is 30.0 Å². The third kappa shape index (κ3) is 2.84. The van der Waals surface area contributed by atoms with Gasteiger partial charge in [-0.2, -0.15) is 0 Å². The summed E-state index contributed by atoms with van der Waals surface area (Å²) in [4.78, 5) is 12.0. The first-order chi connectivity index (χ1) is 8.60. The molecule has 0 aromatic heterocycles. The van der Waals surface area contributed by atoms with Gasteiger partial charge >= 0.3 is 0 Å². The summed E-state index contributed by atoms with van der Waals surface area (Å²) in [6.45, 7) is 2.33. The molecule has 0 heterocycles. The fourth-order valence-corrected chi connectivity index (χ4v) is 2.70. The molecule has 1 aromatic carbocycles. The van der Waals surface area contributed by atoms with Crippen molar-refractivity contribution in [2.24, 2.45) is 5.73 Å². The van der Waals surface area contributed by atoms with Gasteiger partial charge in [-0.1, -0.05) is 6.92 Å². The number of Topliss-reactive ketones (excluding diaryl/α,β-unsaturated/α-hetero) is 1. The Hall–Kier alpha value is -1.07. The van der Waals surface area contributed by atoms with Crippen molar-refractivity contribution in [2.75, 3.05) is 20.8 Å². The summed E-state index contributed by atoms with van der Waals surface area (Å²) in [6.07, 6.45) is 1.06. The number of halogens is 1. The van der Waals surface area contributed by atoms with Crippen molar-refractivity contribution in [3.05, 3.63) is 21.7 Å². The number of benzene rings is 1. The van der Waals surface area contributed by atoms with Crippen LogP contribution in [0.3, 0.4) is 0 Å². The molecule has 0 saturated heterocycles. The number of carbonyl (C=O) groups is 1. The standard InChI is InChI=1S/C13H18BrNO3/c1-4-8-9(10(16)5-6-15)7-11(17-2)13(18-3)12(8)14/h7H,4-6,15H2,1-3H3. The van der Waals surface area contributed by atoms with Crippen LogP contribution in [0.4, 0.5) is 0 Å². The maximum Gasteiger partial charge on any atom is 0.175 e. The van der Waals surface area contributed by atoms with Gasteiger partial charge in [0.1, 0.15) is 0 Å². The second-order valence-corrected chi connectivity index (χ2v) is 4.56. The van der Waals surface area contributed by atoms with Gasteiger partial charge in [0, 0.05) is 12.0 Å². The largest absolute Gasteiger partial charge is 0.493 e. The molecule has 0 aliphatic heterocycles. The van der Waals surface area contributed by atoms with E-state index in [9.17, 15) is 4.79 Å². The van der Waals surface area contributed by atoms with Crippen LogP contribution >= 0.6 is 15.9 Å². The molecule has 1 aromatic rings. The van der Waals surface area contributed by atoms with Crippen LogP contribution in [-0.4, -0.2) is 26.5 Å². The molecule has 0 bridgehead atoms. The highest BCUT2D eigenvalue weighted by Crippen LogP contribution is 2.40. The monoisotopic (exact) mass is 315 g/mol. The topological polar surface area (TPSA) is 61.6 Å². The second kappa shape index (κ2) is 6.75. The van der Waals surface area contributed by atoms with Crippen LogP contribution in [0.1, 0.15) is 29.3 Å². The Kier molecular flexibility index (Phi) is 5.62. The van der Waals surface area contributed by atoms with Gasteiger partial charge in [0.2, 0.25) is 0 Å². The maximum absolute atomic E-state index is 12.0. The summed E-state index contributed by atoms with van der Waals surface area (Å²) in [7, 11) is 3.12. The molecule has 4 nitrogen and oxygen atoms in total. The van der Waals surface area contributed by atoms with E-state index < -0.39 is 0 Å². The van der Waals surface area contributed by atoms with Gasteiger partial charge in [-0.15, -0.1) is 0 Å². The highest BCUT2D eigenvalue weighted by molar-refractivity contribution is 9.10. The molecule has 0 saturated carbocycles. The Morgan fingerprint density at radius 2 is 2.06 bits per heavy atom. The molecule has 0 amide bonds. The van der Waals surface area contributed by atoms with Crippen LogP contribution in [0.15, 0.2) is 10.5 Å². The van der Waals surface area contributed by atoms with E-state index in [1.165, 1.54) is 0 Å². The van der Waals surface area contributed by atoms with Crippen molar-refractivity contribution in [1.29, 1.82) is 0 Å². The molecule has 2 N–H and O–H groups in total. The Balaban J connectivity index is 3.42. The van der Waals surface area contributed by atoms with Gasteiger partial charge in [0.15, 0.2) is 17.3 Å². The van der Waals surface area contributed by atoms with Crippen molar-refractivity contribution in [2.45, 2.75) is 19.8 Å². The lowest BCUT2D eigenvalue weighted by Gasteiger charge is -2.16. The molecule has 5 heteroatoms. The predicted octanol–water partition coefficient (Wildman–Crippen LogP) is 2.56. The summed E-state index contributed by atoms with van der Waals surface area (Å²) >= 11 is 3.48. The number of ketones is 1. The lowest BCUT2D eigenvalue weighted by atomic mass is 9.99. The zero-order chi connectivity index (χ0) is 13.7. The number of carbonyl (C=O) groups excluding carboxylic acids is 1. The van der Waals surface area contributed by atoms with Gasteiger partial charge in [-0.25, -0.2) is 0 Å². The molecule has 0 aliphatic rings. The lowest BCUT2D eigenvalue weighted by molar-refractivity contribution is 0.0984. The van der Waals surface area contributed by atoms with E-state index in [1.807, 2.05) is 6.92 Å². The first-order valence-corrected chi connectivity index (χ1v) is 6.56. The Morgan fingerprint density at radius 1 is 1.39 bits per heavy atom. The summed E-state index contributed by atoms with van der Waals surface area (Å²) < 4.78 is 11.3. The summed E-state index contributed by atoms with van der Waals surface area (Å²) in [6, 6.07) is 1.72. The van der Waals surface area contributed by atoms with Gasteiger partial charge in [0.05, 0.1) is 18.7 Å². The summed E-state index contributed by atoms with van der Waals surface area (Å²) in [5.41, 5.74) is 7.00. The number of nitrogens with two attached hydrogens (primary N) is 1. The number of hydrogen-bond acceptors (Lipinski definition) is 4. The van der Waals surface area contributed by atoms with E-state index in [0.717, 1.165) is 16.5 Å². The third-order valence-corrected chi connectivity index (χ3v) is 3.58. The first-order valence-electron chi connectivity index (χ1n) is 5.77. The Labute approximate surface area is 116 Å². The summed E-state index contributed by atoms with van der Waals surface area (Å²) in [5.74, 6) is 1.18. The highest BCUT2D eigenvalue weighted by atomic mass is 79.9. The van der Waals surface area contributed by atoms with Crippen LogP contribution in [0.5, 0.6) is 11.5 Å². The SMILES string of the molecule is CCc1c(C(=O)CCN)cc(OC)c(OC)c1Br. The molecular formula is C13H18BrNO3. The average molecular weight is 316 g/mol. The van der Waals surface area contributed by atoms with Gasteiger partial charge < -0.3 is 15.2 Å². The van der Waals surface area contributed by atoms with Crippen LogP contribution in [0.25, 0.3) is 0 Å². The Morgan fingerprint density at radius 3 is 2.50 bits per heavy atom. The lowest BCUT2D eigenvalue weighted by Crippen LogP contribution is -2.11. The zero-order valence-electron chi connectivity index (χ0n) is 10.9. The maximum atomic E-state index is 12.0. The predicted molar refractivity (Wildman–Crippen MR) is 74.6 cm³/mol. The van der Waals surface area contributed by atoms with Crippen molar-refractivity contribution in [1.82, 2.24) is 0 Å². The normalized spacial score (nSPS) is 10.3. The van der Waals surface area contributed by atoms with Crippen LogP contribution < -0.4 is 15.2 Å². The minimum atomic E-state index is 0.0241. The van der Waals surface area contributed by atoms with Crippen molar-refractivity contribution in [3.8, 4) is 11.5 Å². The minimum absolute atomic E-state index is 0.0241. The van der Waals surface area contributed by atoms with Gasteiger partial charge in [0.25, 0.3) is 0 Å². The van der Waals surface area contributed by atoms with Gasteiger partial charge in [-0.3, -0.25) is 4.79 Å². The van der Waals surface area contributed by atoms with E-state index >= 15 is 0 Å². The number of rotatable bonds is 6.